The number of phenols is 1. The van der Waals surface area contributed by atoms with E-state index >= 15 is 0 Å². The van der Waals surface area contributed by atoms with E-state index in [2.05, 4.69) is 15.7 Å². The van der Waals surface area contributed by atoms with E-state index in [0.29, 0.717) is 33.8 Å². The molecule has 0 saturated heterocycles. The molecule has 5 rings (SSSR count). The molecule has 0 radical (unpaired) electrons. The first-order valence-corrected chi connectivity index (χ1v) is 12.8. The number of carbonyl (C=O) groups excluding carboxylic acids is 2. The van der Waals surface area contributed by atoms with Gasteiger partial charge >= 0.3 is 6.03 Å². The molecule has 9 heteroatoms. The second-order valence-electron chi connectivity index (χ2n) is 9.52. The van der Waals surface area contributed by atoms with E-state index in [9.17, 15) is 19.1 Å². The van der Waals surface area contributed by atoms with Gasteiger partial charge in [-0.2, -0.15) is 9.78 Å². The Bertz CT molecular complexity index is 1510. The minimum Gasteiger partial charge on any atom is -0.507 e. The van der Waals surface area contributed by atoms with Gasteiger partial charge < -0.3 is 20.5 Å². The summed E-state index contributed by atoms with van der Waals surface area (Å²) in [7, 11) is 1.49. The van der Waals surface area contributed by atoms with E-state index in [0.717, 1.165) is 31.4 Å². The standard InChI is InChI=1S/C30H29FN4O4/c1-39-28-12-5-4-11-24(28)29(37)33-22-13-14-23(27(36)16-22)25-17-26(20-8-2-3-9-20)35(34-25)30(38)32-18-19-7-6-10-21(31)15-19/h4-7,10-17,20,36H,2-3,8-9,18H2,1H3,(H,32,38)(H,33,37). The SMILES string of the molecule is COc1ccccc1C(=O)Nc1ccc(-c2cc(C3CCCC3)n(C(=O)NCc3cccc(F)c3)n2)c(O)c1. The van der Waals surface area contributed by atoms with Gasteiger partial charge in [-0.25, -0.2) is 9.18 Å². The second kappa shape index (κ2) is 11.4. The van der Waals surface area contributed by atoms with Crippen LogP contribution in [0.2, 0.25) is 0 Å². The predicted octanol–water partition coefficient (Wildman–Crippen LogP) is 6.07. The Labute approximate surface area is 225 Å². The lowest BCUT2D eigenvalue weighted by atomic mass is 10.0. The average molecular weight is 529 g/mol. The summed E-state index contributed by atoms with van der Waals surface area (Å²) >= 11 is 0. The zero-order valence-electron chi connectivity index (χ0n) is 21.5. The van der Waals surface area contributed by atoms with Gasteiger partial charge in [-0.15, -0.1) is 0 Å². The summed E-state index contributed by atoms with van der Waals surface area (Å²) in [6.07, 6.45) is 4.04. The van der Waals surface area contributed by atoms with Gasteiger partial charge in [-0.05, 0) is 60.9 Å². The van der Waals surface area contributed by atoms with Gasteiger partial charge in [-0.3, -0.25) is 4.79 Å². The molecular weight excluding hydrogens is 499 g/mol. The smallest absolute Gasteiger partial charge is 0.342 e. The van der Waals surface area contributed by atoms with Crippen molar-refractivity contribution in [3.8, 4) is 22.8 Å². The van der Waals surface area contributed by atoms with Crippen molar-refractivity contribution in [2.45, 2.75) is 38.1 Å². The van der Waals surface area contributed by atoms with Crippen LogP contribution in [-0.4, -0.2) is 33.9 Å². The first-order chi connectivity index (χ1) is 18.9. The Morgan fingerprint density at radius 1 is 1.05 bits per heavy atom. The highest BCUT2D eigenvalue weighted by Gasteiger charge is 2.26. The number of phenolic OH excluding ortho intramolecular Hbond substituents is 1. The van der Waals surface area contributed by atoms with Crippen molar-refractivity contribution in [3.63, 3.8) is 0 Å². The summed E-state index contributed by atoms with van der Waals surface area (Å²) in [5, 5.41) is 21.0. The predicted molar refractivity (Wildman–Crippen MR) is 146 cm³/mol. The molecule has 0 aliphatic heterocycles. The van der Waals surface area contributed by atoms with Crippen LogP contribution in [0, 0.1) is 5.82 Å². The number of aromatic hydroxyl groups is 1. The number of ether oxygens (including phenoxy) is 1. The van der Waals surface area contributed by atoms with Crippen molar-refractivity contribution >= 4 is 17.6 Å². The second-order valence-corrected chi connectivity index (χ2v) is 9.52. The van der Waals surface area contributed by atoms with Crippen molar-refractivity contribution in [1.82, 2.24) is 15.1 Å². The van der Waals surface area contributed by atoms with Crippen LogP contribution in [0.5, 0.6) is 11.5 Å². The van der Waals surface area contributed by atoms with Gasteiger partial charge in [0.2, 0.25) is 0 Å². The Morgan fingerprint density at radius 2 is 1.85 bits per heavy atom. The van der Waals surface area contributed by atoms with Crippen molar-refractivity contribution in [3.05, 3.63) is 95.4 Å². The molecule has 1 fully saturated rings. The number of aromatic nitrogens is 2. The zero-order chi connectivity index (χ0) is 27.4. The van der Waals surface area contributed by atoms with Crippen LogP contribution in [0.3, 0.4) is 0 Å². The number of hydrogen-bond acceptors (Lipinski definition) is 5. The summed E-state index contributed by atoms with van der Waals surface area (Å²) in [4.78, 5) is 25.9. The fourth-order valence-electron chi connectivity index (χ4n) is 4.96. The van der Waals surface area contributed by atoms with Crippen molar-refractivity contribution in [2.75, 3.05) is 12.4 Å². The first kappa shape index (κ1) is 26.0. The van der Waals surface area contributed by atoms with Gasteiger partial charge in [0.1, 0.15) is 17.3 Å². The highest BCUT2D eigenvalue weighted by Crippen LogP contribution is 2.38. The molecule has 1 aliphatic carbocycles. The molecule has 3 aromatic carbocycles. The van der Waals surface area contributed by atoms with Crippen LogP contribution in [-0.2, 0) is 6.54 Å². The molecule has 0 bridgehead atoms. The maximum Gasteiger partial charge on any atom is 0.342 e. The topological polar surface area (TPSA) is 105 Å². The molecule has 1 aliphatic rings. The minimum absolute atomic E-state index is 0.0874. The number of rotatable bonds is 7. The molecule has 8 nitrogen and oxygen atoms in total. The number of nitrogens with one attached hydrogen (secondary N) is 2. The highest BCUT2D eigenvalue weighted by atomic mass is 19.1. The van der Waals surface area contributed by atoms with Gasteiger partial charge in [-0.1, -0.05) is 37.1 Å². The Kier molecular flexibility index (Phi) is 7.58. The fraction of sp³-hybridized carbons (Fsp3) is 0.233. The number of amides is 2. The molecule has 3 N–H and O–H groups in total. The molecule has 200 valence electrons. The minimum atomic E-state index is -0.424. The lowest BCUT2D eigenvalue weighted by Gasteiger charge is -2.12. The number of benzene rings is 3. The van der Waals surface area contributed by atoms with E-state index in [1.54, 1.807) is 48.5 Å². The van der Waals surface area contributed by atoms with Crippen LogP contribution < -0.4 is 15.4 Å². The van der Waals surface area contributed by atoms with E-state index in [1.807, 2.05) is 6.07 Å². The van der Waals surface area contributed by atoms with E-state index < -0.39 is 6.03 Å². The van der Waals surface area contributed by atoms with Crippen LogP contribution >= 0.6 is 0 Å². The molecule has 0 unspecified atom stereocenters. The lowest BCUT2D eigenvalue weighted by molar-refractivity contribution is 0.102. The third kappa shape index (κ3) is 5.77. The molecule has 39 heavy (non-hydrogen) atoms. The monoisotopic (exact) mass is 528 g/mol. The maximum absolute atomic E-state index is 13.5. The third-order valence-corrected chi connectivity index (χ3v) is 6.92. The summed E-state index contributed by atoms with van der Waals surface area (Å²) in [6, 6.07) is 19.1. The zero-order valence-corrected chi connectivity index (χ0v) is 21.5. The van der Waals surface area contributed by atoms with E-state index in [1.165, 1.54) is 30.0 Å². The fourth-order valence-corrected chi connectivity index (χ4v) is 4.96. The molecular formula is C30H29FN4O4. The number of anilines is 1. The Balaban J connectivity index is 1.38. The quantitative estimate of drug-likeness (QED) is 0.270. The Morgan fingerprint density at radius 3 is 2.59 bits per heavy atom. The molecule has 0 atom stereocenters. The summed E-state index contributed by atoms with van der Waals surface area (Å²) in [5.74, 6) is -0.213. The summed E-state index contributed by atoms with van der Waals surface area (Å²) in [5.41, 5.74) is 3.05. The normalized spacial score (nSPS) is 13.3. The molecule has 1 aromatic heterocycles. The number of hydrogen-bond donors (Lipinski definition) is 3. The lowest BCUT2D eigenvalue weighted by Crippen LogP contribution is -2.30. The number of carbonyl (C=O) groups is 2. The molecule has 0 spiro atoms. The number of nitrogens with zero attached hydrogens (tertiary/aromatic N) is 2. The van der Waals surface area contributed by atoms with E-state index in [4.69, 9.17) is 4.74 Å². The van der Waals surface area contributed by atoms with Crippen LogP contribution in [0.1, 0.15) is 53.2 Å². The third-order valence-electron chi connectivity index (χ3n) is 6.92. The first-order valence-electron chi connectivity index (χ1n) is 12.8. The van der Waals surface area contributed by atoms with Gasteiger partial charge in [0, 0.05) is 29.8 Å². The maximum atomic E-state index is 13.5. The van der Waals surface area contributed by atoms with E-state index in [-0.39, 0.29) is 29.9 Å². The van der Waals surface area contributed by atoms with Crippen molar-refractivity contribution < 1.29 is 23.8 Å². The van der Waals surface area contributed by atoms with Crippen LogP contribution in [0.25, 0.3) is 11.3 Å². The highest BCUT2D eigenvalue weighted by molar-refractivity contribution is 6.06. The van der Waals surface area contributed by atoms with Crippen molar-refractivity contribution in [2.24, 2.45) is 0 Å². The van der Waals surface area contributed by atoms with Crippen molar-refractivity contribution in [1.29, 1.82) is 0 Å². The number of halogens is 1. The summed E-state index contributed by atoms with van der Waals surface area (Å²) in [6.45, 7) is 0.155. The molecule has 1 saturated carbocycles. The van der Waals surface area contributed by atoms with Gasteiger partial charge in [0.05, 0.1) is 24.1 Å². The van der Waals surface area contributed by atoms with Gasteiger partial charge in [0.25, 0.3) is 5.91 Å². The number of para-hydroxylation sites is 1. The largest absolute Gasteiger partial charge is 0.507 e. The summed E-state index contributed by atoms with van der Waals surface area (Å²) < 4.78 is 20.2. The van der Waals surface area contributed by atoms with Crippen LogP contribution in [0.4, 0.5) is 14.9 Å². The van der Waals surface area contributed by atoms with Gasteiger partial charge in [0.15, 0.2) is 0 Å². The Hall–Kier alpha value is -4.66. The molecule has 4 aromatic rings. The van der Waals surface area contributed by atoms with Crippen LogP contribution in [0.15, 0.2) is 72.8 Å². The molecule has 1 heterocycles. The molecule has 2 amide bonds. The average Bonchev–Trinajstić information content (AvgIpc) is 3.62. The number of methoxy groups -OCH3 is 1.